The Bertz CT molecular complexity index is 993. The highest BCUT2D eigenvalue weighted by molar-refractivity contribution is 5.86. The Morgan fingerprint density at radius 1 is 1.00 bits per heavy atom. The third-order valence-electron chi connectivity index (χ3n) is 5.91. The standard InChI is InChI=1S/C21H24F3N5O3/c22-21(23,24)17-13-16(27-6-1-2-7-27)4-3-15(17)14-26-9-11-28(12-10-26)20(32)29-8-5-18(25-29)19(30)31/h3-5,8,13H,1-2,6-7,9-12,14H2,(H,30,31). The van der Waals surface area contributed by atoms with Gasteiger partial charge in [0, 0.05) is 57.7 Å². The van der Waals surface area contributed by atoms with Crippen LogP contribution in [0.1, 0.15) is 34.5 Å². The molecule has 4 rings (SSSR count). The van der Waals surface area contributed by atoms with Crippen LogP contribution in [0.15, 0.2) is 30.5 Å². The first-order chi connectivity index (χ1) is 15.2. The molecule has 32 heavy (non-hydrogen) atoms. The zero-order valence-corrected chi connectivity index (χ0v) is 17.4. The number of aromatic nitrogens is 2. The molecule has 1 N–H and O–H groups in total. The van der Waals surface area contributed by atoms with E-state index in [1.165, 1.54) is 23.2 Å². The maximum atomic E-state index is 13.7. The topological polar surface area (TPSA) is 81.9 Å². The Labute approximate surface area is 182 Å². The molecule has 0 aliphatic carbocycles. The number of carbonyl (C=O) groups is 2. The van der Waals surface area contributed by atoms with Gasteiger partial charge in [0.25, 0.3) is 0 Å². The molecule has 1 aromatic carbocycles. The summed E-state index contributed by atoms with van der Waals surface area (Å²) in [6.07, 6.45) is -1.18. The maximum absolute atomic E-state index is 13.7. The van der Waals surface area contributed by atoms with Crippen LogP contribution in [-0.4, -0.2) is 76.0 Å². The Balaban J connectivity index is 1.41. The van der Waals surface area contributed by atoms with Gasteiger partial charge in [-0.05, 0) is 36.6 Å². The first-order valence-electron chi connectivity index (χ1n) is 10.5. The highest BCUT2D eigenvalue weighted by Gasteiger charge is 2.35. The van der Waals surface area contributed by atoms with E-state index in [2.05, 4.69) is 5.10 Å². The van der Waals surface area contributed by atoms with Gasteiger partial charge in [-0.15, -0.1) is 0 Å². The van der Waals surface area contributed by atoms with Gasteiger partial charge < -0.3 is 14.9 Å². The highest BCUT2D eigenvalue weighted by atomic mass is 19.4. The zero-order chi connectivity index (χ0) is 22.9. The van der Waals surface area contributed by atoms with Crippen molar-refractivity contribution in [1.82, 2.24) is 19.6 Å². The fourth-order valence-corrected chi connectivity index (χ4v) is 4.17. The number of hydrogen-bond donors (Lipinski definition) is 1. The number of hydrogen-bond acceptors (Lipinski definition) is 5. The second kappa shape index (κ2) is 8.81. The van der Waals surface area contributed by atoms with Gasteiger partial charge in [-0.1, -0.05) is 6.07 Å². The number of rotatable bonds is 4. The molecule has 0 saturated carbocycles. The molecular weight excluding hydrogens is 427 g/mol. The predicted molar refractivity (Wildman–Crippen MR) is 110 cm³/mol. The number of piperazine rings is 1. The van der Waals surface area contributed by atoms with Crippen molar-refractivity contribution in [3.63, 3.8) is 0 Å². The van der Waals surface area contributed by atoms with Gasteiger partial charge in [0.2, 0.25) is 0 Å². The van der Waals surface area contributed by atoms with Crippen LogP contribution in [0.25, 0.3) is 0 Å². The normalized spacial score (nSPS) is 17.7. The summed E-state index contributed by atoms with van der Waals surface area (Å²) in [5.74, 6) is -1.22. The molecule has 0 radical (unpaired) electrons. The van der Waals surface area contributed by atoms with E-state index in [4.69, 9.17) is 5.11 Å². The van der Waals surface area contributed by atoms with Gasteiger partial charge in [0.1, 0.15) is 0 Å². The molecule has 2 aliphatic rings. The van der Waals surface area contributed by atoms with Crippen molar-refractivity contribution in [2.75, 3.05) is 44.2 Å². The molecule has 2 saturated heterocycles. The lowest BCUT2D eigenvalue weighted by Gasteiger charge is -2.35. The van der Waals surface area contributed by atoms with E-state index in [0.29, 0.717) is 31.9 Å². The summed E-state index contributed by atoms with van der Waals surface area (Å²) in [7, 11) is 0. The number of aromatic carboxylic acids is 1. The number of benzene rings is 1. The quantitative estimate of drug-likeness (QED) is 0.770. The van der Waals surface area contributed by atoms with E-state index in [0.717, 1.165) is 30.6 Å². The molecule has 0 spiro atoms. The lowest BCUT2D eigenvalue weighted by molar-refractivity contribution is -0.138. The summed E-state index contributed by atoms with van der Waals surface area (Å²) in [5, 5.41) is 12.7. The van der Waals surface area contributed by atoms with E-state index >= 15 is 0 Å². The largest absolute Gasteiger partial charge is 0.476 e. The third kappa shape index (κ3) is 4.72. The minimum Gasteiger partial charge on any atom is -0.476 e. The van der Waals surface area contributed by atoms with Crippen LogP contribution in [-0.2, 0) is 12.7 Å². The molecule has 0 atom stereocenters. The van der Waals surface area contributed by atoms with Crippen LogP contribution in [0.3, 0.4) is 0 Å². The number of anilines is 1. The number of carboxylic acids is 1. The number of carbonyl (C=O) groups excluding carboxylic acids is 1. The maximum Gasteiger partial charge on any atom is 0.416 e. The fraction of sp³-hybridized carbons (Fsp3) is 0.476. The van der Waals surface area contributed by atoms with Crippen LogP contribution in [0.2, 0.25) is 0 Å². The Hall–Kier alpha value is -3.08. The molecule has 172 valence electrons. The van der Waals surface area contributed by atoms with Gasteiger partial charge in [0.05, 0.1) is 5.56 Å². The zero-order valence-electron chi connectivity index (χ0n) is 17.4. The van der Waals surface area contributed by atoms with Gasteiger partial charge in [0.15, 0.2) is 5.69 Å². The first kappa shape index (κ1) is 22.1. The molecule has 2 fully saturated rings. The Morgan fingerprint density at radius 2 is 1.69 bits per heavy atom. The molecular formula is C21H24F3N5O3. The summed E-state index contributed by atoms with van der Waals surface area (Å²) in [5.41, 5.74) is -0.0143. The molecule has 0 unspecified atom stereocenters. The molecule has 11 heteroatoms. The number of amides is 1. The smallest absolute Gasteiger partial charge is 0.416 e. The van der Waals surface area contributed by atoms with Crippen molar-refractivity contribution < 1.29 is 27.9 Å². The lowest BCUT2D eigenvalue weighted by atomic mass is 10.0. The molecule has 2 aromatic rings. The van der Waals surface area contributed by atoms with E-state index in [1.54, 1.807) is 12.1 Å². The number of nitrogens with zero attached hydrogens (tertiary/aromatic N) is 5. The third-order valence-corrected chi connectivity index (χ3v) is 5.91. The average Bonchev–Trinajstić information content (AvgIpc) is 3.46. The van der Waals surface area contributed by atoms with Crippen LogP contribution in [0.4, 0.5) is 23.7 Å². The Morgan fingerprint density at radius 3 is 2.28 bits per heavy atom. The monoisotopic (exact) mass is 451 g/mol. The number of halogens is 3. The minimum absolute atomic E-state index is 0.141. The molecule has 2 aliphatic heterocycles. The van der Waals surface area contributed by atoms with Crippen molar-refractivity contribution in [3.8, 4) is 0 Å². The van der Waals surface area contributed by atoms with Crippen molar-refractivity contribution in [3.05, 3.63) is 47.3 Å². The van der Waals surface area contributed by atoms with Gasteiger partial charge in [-0.3, -0.25) is 4.90 Å². The fourth-order valence-electron chi connectivity index (χ4n) is 4.17. The summed E-state index contributed by atoms with van der Waals surface area (Å²) in [6, 6.07) is 5.35. The van der Waals surface area contributed by atoms with E-state index in [9.17, 15) is 22.8 Å². The molecule has 8 nitrogen and oxygen atoms in total. The number of alkyl halides is 3. The van der Waals surface area contributed by atoms with Gasteiger partial charge in [-0.25, -0.2) is 9.59 Å². The summed E-state index contributed by atoms with van der Waals surface area (Å²) >= 11 is 0. The molecule has 1 amide bonds. The first-order valence-corrected chi connectivity index (χ1v) is 10.5. The van der Waals surface area contributed by atoms with Crippen LogP contribution < -0.4 is 4.90 Å². The van der Waals surface area contributed by atoms with Gasteiger partial charge >= 0.3 is 18.2 Å². The van der Waals surface area contributed by atoms with E-state index in [-0.39, 0.29) is 17.8 Å². The Kier molecular flexibility index (Phi) is 6.09. The molecule has 3 heterocycles. The SMILES string of the molecule is O=C(O)c1ccn(C(=O)N2CCN(Cc3ccc(N4CCCC4)cc3C(F)(F)F)CC2)n1. The molecule has 0 bridgehead atoms. The second-order valence-corrected chi connectivity index (χ2v) is 8.03. The van der Waals surface area contributed by atoms with Crippen molar-refractivity contribution >= 4 is 17.7 Å². The highest BCUT2D eigenvalue weighted by Crippen LogP contribution is 2.36. The summed E-state index contributed by atoms with van der Waals surface area (Å²) < 4.78 is 42.2. The van der Waals surface area contributed by atoms with Crippen LogP contribution in [0, 0.1) is 0 Å². The molecule has 1 aromatic heterocycles. The van der Waals surface area contributed by atoms with Crippen molar-refractivity contribution in [2.24, 2.45) is 0 Å². The van der Waals surface area contributed by atoms with E-state index in [1.807, 2.05) is 9.80 Å². The lowest BCUT2D eigenvalue weighted by Crippen LogP contribution is -2.49. The van der Waals surface area contributed by atoms with Crippen LogP contribution in [0.5, 0.6) is 0 Å². The summed E-state index contributed by atoms with van der Waals surface area (Å²) in [6.45, 7) is 3.13. The minimum atomic E-state index is -4.44. The van der Waals surface area contributed by atoms with Crippen molar-refractivity contribution in [2.45, 2.75) is 25.6 Å². The van der Waals surface area contributed by atoms with Crippen molar-refractivity contribution in [1.29, 1.82) is 0 Å². The number of carboxylic acid groups (broad SMARTS) is 1. The predicted octanol–water partition coefficient (Wildman–Crippen LogP) is 2.99. The summed E-state index contributed by atoms with van der Waals surface area (Å²) in [4.78, 5) is 28.8. The second-order valence-electron chi connectivity index (χ2n) is 8.03. The van der Waals surface area contributed by atoms with Crippen LogP contribution >= 0.6 is 0 Å². The average molecular weight is 451 g/mol. The van der Waals surface area contributed by atoms with E-state index < -0.39 is 23.7 Å². The van der Waals surface area contributed by atoms with Gasteiger partial charge in [-0.2, -0.15) is 23.0 Å².